The average molecular weight is 368 g/mol. The first-order valence-corrected chi connectivity index (χ1v) is 8.32. The van der Waals surface area contributed by atoms with Crippen molar-refractivity contribution in [2.75, 3.05) is 0 Å². The van der Waals surface area contributed by atoms with E-state index in [4.69, 9.17) is 11.6 Å². The molecule has 0 radical (unpaired) electrons. The zero-order valence-corrected chi connectivity index (χ0v) is 14.6. The molecule has 0 saturated carbocycles. The number of nitrogens with zero attached hydrogens (tertiary/aromatic N) is 3. The number of aromatic nitrogens is 3. The molecule has 0 saturated heterocycles. The van der Waals surface area contributed by atoms with Gasteiger partial charge in [0.2, 0.25) is 0 Å². The second-order valence-corrected chi connectivity index (χ2v) is 6.52. The number of hydrogen-bond acceptors (Lipinski definition) is 3. The molecule has 4 aromatic rings. The Labute approximate surface area is 152 Å². The summed E-state index contributed by atoms with van der Waals surface area (Å²) < 4.78 is 2.79. The lowest BCUT2D eigenvalue weighted by molar-refractivity contribution is -0.137. The fourth-order valence-corrected chi connectivity index (χ4v) is 3.36. The molecule has 7 heteroatoms. The summed E-state index contributed by atoms with van der Waals surface area (Å²) in [6.45, 7) is 1.52. The van der Waals surface area contributed by atoms with Gasteiger partial charge in [-0.25, -0.2) is 4.79 Å². The van der Waals surface area contributed by atoms with Crippen LogP contribution in [0.4, 0.5) is 0 Å². The number of aryl methyl sites for hydroxylation is 1. The van der Waals surface area contributed by atoms with Gasteiger partial charge in [0.05, 0.1) is 22.2 Å². The Morgan fingerprint density at radius 1 is 1.15 bits per heavy atom. The predicted octanol–water partition coefficient (Wildman–Crippen LogP) is 3.39. The molecule has 0 aliphatic heterocycles. The molecule has 0 bridgehead atoms. The first kappa shape index (κ1) is 16.4. The van der Waals surface area contributed by atoms with E-state index in [1.807, 2.05) is 25.1 Å². The quantitative estimate of drug-likeness (QED) is 0.602. The van der Waals surface area contributed by atoms with E-state index in [9.17, 15) is 14.7 Å². The maximum Gasteiger partial charge on any atom is 0.334 e. The summed E-state index contributed by atoms with van der Waals surface area (Å²) >= 11 is 6.05. The highest BCUT2D eigenvalue weighted by Crippen LogP contribution is 2.26. The van der Waals surface area contributed by atoms with Gasteiger partial charge in [0.25, 0.3) is 0 Å². The van der Waals surface area contributed by atoms with E-state index < -0.39 is 18.2 Å². The Balaban J connectivity index is 2.13. The molecule has 0 spiro atoms. The molecule has 0 aliphatic rings. The summed E-state index contributed by atoms with van der Waals surface area (Å²) in [7, 11) is 0. The highest BCUT2D eigenvalue weighted by molar-refractivity contribution is 6.31. The molecular weight excluding hydrogens is 354 g/mol. The van der Waals surface area contributed by atoms with E-state index >= 15 is 0 Å². The monoisotopic (exact) mass is 367 g/mol. The number of benzene rings is 2. The van der Waals surface area contributed by atoms with Crippen LogP contribution in [0.5, 0.6) is 0 Å². The van der Waals surface area contributed by atoms with Crippen molar-refractivity contribution in [1.29, 1.82) is 0 Å². The third kappa shape index (κ3) is 2.55. The minimum absolute atomic E-state index is 0.403. The lowest BCUT2D eigenvalue weighted by Gasteiger charge is -2.08. The number of fused-ring (bicyclic) bond motifs is 2. The first-order chi connectivity index (χ1) is 12.5. The maximum absolute atomic E-state index is 13.1. The summed E-state index contributed by atoms with van der Waals surface area (Å²) in [5, 5.41) is 10.5. The van der Waals surface area contributed by atoms with E-state index in [0.717, 1.165) is 10.9 Å². The molecule has 2 heterocycles. The summed E-state index contributed by atoms with van der Waals surface area (Å²) in [6, 6.07) is 12.5. The molecule has 0 fully saturated rings. The molecule has 0 aliphatic carbocycles. The molecule has 4 rings (SSSR count). The Hall–Kier alpha value is -3.12. The van der Waals surface area contributed by atoms with Crippen molar-refractivity contribution >= 4 is 39.5 Å². The van der Waals surface area contributed by atoms with Gasteiger partial charge in [-0.3, -0.25) is 18.9 Å². The summed E-state index contributed by atoms with van der Waals surface area (Å²) in [4.78, 5) is 28.6. The normalized spacial score (nSPS) is 11.3. The van der Waals surface area contributed by atoms with E-state index in [0.29, 0.717) is 27.3 Å². The van der Waals surface area contributed by atoms with Crippen LogP contribution in [0.2, 0.25) is 5.02 Å². The number of carboxylic acid groups (broad SMARTS) is 1. The van der Waals surface area contributed by atoms with Crippen LogP contribution in [0.1, 0.15) is 5.56 Å². The van der Waals surface area contributed by atoms with Gasteiger partial charge in [-0.2, -0.15) is 0 Å². The van der Waals surface area contributed by atoms with Gasteiger partial charge in [0, 0.05) is 16.6 Å². The Morgan fingerprint density at radius 2 is 1.96 bits per heavy atom. The lowest BCUT2D eigenvalue weighted by Crippen LogP contribution is -2.26. The molecule has 130 valence electrons. The number of rotatable bonds is 3. The molecular formula is C19H14ClN3O3. The molecule has 0 atom stereocenters. The third-order valence-electron chi connectivity index (χ3n) is 4.30. The standard InChI is InChI=1S/C19H14ClN3O3/c1-11-2-5-16-17(8-11)23(19(26)22(16)10-18(24)25)15-6-7-21-14-9-12(20)3-4-13(14)15/h2-9H,10H2,1H3,(H,24,25). The molecule has 26 heavy (non-hydrogen) atoms. The minimum atomic E-state index is -1.07. The summed E-state index contributed by atoms with van der Waals surface area (Å²) in [5.41, 5.74) is 3.08. The highest BCUT2D eigenvalue weighted by atomic mass is 35.5. The summed E-state index contributed by atoms with van der Waals surface area (Å²) in [5.74, 6) is -1.07. The van der Waals surface area contributed by atoms with Crippen LogP contribution >= 0.6 is 11.6 Å². The van der Waals surface area contributed by atoms with Gasteiger partial charge >= 0.3 is 11.7 Å². The third-order valence-corrected chi connectivity index (χ3v) is 4.54. The minimum Gasteiger partial charge on any atom is -0.480 e. The van der Waals surface area contributed by atoms with Crippen molar-refractivity contribution < 1.29 is 9.90 Å². The fraction of sp³-hybridized carbons (Fsp3) is 0.105. The largest absolute Gasteiger partial charge is 0.480 e. The van der Waals surface area contributed by atoms with Crippen LogP contribution in [-0.2, 0) is 11.3 Å². The van der Waals surface area contributed by atoms with Crippen LogP contribution in [0.3, 0.4) is 0 Å². The number of carboxylic acids is 1. The Morgan fingerprint density at radius 3 is 2.73 bits per heavy atom. The number of imidazole rings is 1. The number of hydrogen-bond donors (Lipinski definition) is 1. The van der Waals surface area contributed by atoms with Crippen LogP contribution in [-0.4, -0.2) is 25.2 Å². The number of aliphatic carboxylic acids is 1. The average Bonchev–Trinajstić information content (AvgIpc) is 2.85. The van der Waals surface area contributed by atoms with E-state index in [-0.39, 0.29) is 0 Å². The van der Waals surface area contributed by atoms with Crippen molar-refractivity contribution in [2.45, 2.75) is 13.5 Å². The number of pyridine rings is 1. The topological polar surface area (TPSA) is 77.1 Å². The lowest BCUT2D eigenvalue weighted by atomic mass is 10.1. The van der Waals surface area contributed by atoms with Crippen LogP contribution in [0.15, 0.2) is 53.5 Å². The van der Waals surface area contributed by atoms with Crippen molar-refractivity contribution in [3.63, 3.8) is 0 Å². The van der Waals surface area contributed by atoms with Crippen molar-refractivity contribution in [2.24, 2.45) is 0 Å². The van der Waals surface area contributed by atoms with Crippen LogP contribution in [0.25, 0.3) is 27.6 Å². The van der Waals surface area contributed by atoms with E-state index in [1.54, 1.807) is 30.5 Å². The van der Waals surface area contributed by atoms with E-state index in [1.165, 1.54) is 9.13 Å². The van der Waals surface area contributed by atoms with Gasteiger partial charge in [0.15, 0.2) is 0 Å². The van der Waals surface area contributed by atoms with E-state index in [2.05, 4.69) is 4.98 Å². The second kappa shape index (κ2) is 6.00. The second-order valence-electron chi connectivity index (χ2n) is 6.08. The van der Waals surface area contributed by atoms with Crippen molar-refractivity contribution in [3.05, 3.63) is 69.7 Å². The molecule has 0 amide bonds. The number of carbonyl (C=O) groups is 1. The van der Waals surface area contributed by atoms with Crippen molar-refractivity contribution in [1.82, 2.24) is 14.1 Å². The zero-order chi connectivity index (χ0) is 18.4. The Kier molecular flexibility index (Phi) is 3.77. The molecule has 0 unspecified atom stereocenters. The van der Waals surface area contributed by atoms with Crippen LogP contribution in [0, 0.1) is 6.92 Å². The molecule has 2 aromatic carbocycles. The molecule has 6 nitrogen and oxygen atoms in total. The smallest absolute Gasteiger partial charge is 0.334 e. The SMILES string of the molecule is Cc1ccc2c(c1)n(-c1ccnc3cc(Cl)ccc13)c(=O)n2CC(=O)O. The highest BCUT2D eigenvalue weighted by Gasteiger charge is 2.18. The predicted molar refractivity (Wildman–Crippen MR) is 100 cm³/mol. The first-order valence-electron chi connectivity index (χ1n) is 7.94. The fourth-order valence-electron chi connectivity index (χ4n) is 3.19. The van der Waals surface area contributed by atoms with Gasteiger partial charge in [-0.1, -0.05) is 17.7 Å². The van der Waals surface area contributed by atoms with Crippen molar-refractivity contribution in [3.8, 4) is 5.69 Å². The van der Waals surface area contributed by atoms with Crippen LogP contribution < -0.4 is 5.69 Å². The zero-order valence-electron chi connectivity index (χ0n) is 13.8. The maximum atomic E-state index is 13.1. The Bertz CT molecular complexity index is 1240. The molecule has 2 aromatic heterocycles. The van der Waals surface area contributed by atoms with Gasteiger partial charge in [-0.05, 0) is 48.9 Å². The van der Waals surface area contributed by atoms with Gasteiger partial charge in [-0.15, -0.1) is 0 Å². The number of halogens is 1. The van der Waals surface area contributed by atoms with Gasteiger partial charge < -0.3 is 5.11 Å². The summed E-state index contributed by atoms with van der Waals surface area (Å²) in [6.07, 6.45) is 1.61. The van der Waals surface area contributed by atoms with Gasteiger partial charge in [0.1, 0.15) is 6.54 Å². The molecule has 1 N–H and O–H groups in total.